The van der Waals surface area contributed by atoms with E-state index in [1.165, 1.54) is 0 Å². The fourth-order valence-electron chi connectivity index (χ4n) is 1.86. The Bertz CT molecular complexity index is 325. The standard InChI is InChI=1S/C12H16FNO/c1-15-12-5-3-2-4-10(12)11(13)6-9-7-14-8-9/h2-5,9,11,14H,6-8H2,1H3. The van der Waals surface area contributed by atoms with Gasteiger partial charge in [0, 0.05) is 5.56 Å². The van der Waals surface area contributed by atoms with Crippen molar-refractivity contribution in [2.75, 3.05) is 20.2 Å². The second kappa shape index (κ2) is 4.62. The van der Waals surface area contributed by atoms with Crippen LogP contribution >= 0.6 is 0 Å². The van der Waals surface area contributed by atoms with Gasteiger partial charge in [-0.25, -0.2) is 4.39 Å². The monoisotopic (exact) mass is 209 g/mol. The summed E-state index contributed by atoms with van der Waals surface area (Å²) in [7, 11) is 1.58. The fraction of sp³-hybridized carbons (Fsp3) is 0.500. The van der Waals surface area contributed by atoms with Crippen LogP contribution in [0.15, 0.2) is 24.3 Å². The zero-order valence-corrected chi connectivity index (χ0v) is 8.87. The van der Waals surface area contributed by atoms with Gasteiger partial charge in [0.1, 0.15) is 11.9 Å². The maximum Gasteiger partial charge on any atom is 0.129 e. The lowest BCUT2D eigenvalue weighted by atomic mass is 9.93. The minimum atomic E-state index is -0.909. The van der Waals surface area contributed by atoms with Crippen LogP contribution in [-0.2, 0) is 0 Å². The van der Waals surface area contributed by atoms with E-state index in [1.807, 2.05) is 12.1 Å². The zero-order chi connectivity index (χ0) is 10.7. The molecule has 15 heavy (non-hydrogen) atoms. The minimum Gasteiger partial charge on any atom is -0.496 e. The number of benzene rings is 1. The van der Waals surface area contributed by atoms with E-state index in [0.29, 0.717) is 23.7 Å². The Hall–Kier alpha value is -1.09. The molecule has 0 amide bonds. The first-order chi connectivity index (χ1) is 7.31. The van der Waals surface area contributed by atoms with Crippen LogP contribution in [-0.4, -0.2) is 20.2 Å². The fourth-order valence-corrected chi connectivity index (χ4v) is 1.86. The van der Waals surface area contributed by atoms with Crippen LogP contribution in [0.25, 0.3) is 0 Å². The second-order valence-corrected chi connectivity index (χ2v) is 3.97. The summed E-state index contributed by atoms with van der Waals surface area (Å²) < 4.78 is 19.1. The second-order valence-electron chi connectivity index (χ2n) is 3.97. The molecule has 3 heteroatoms. The largest absolute Gasteiger partial charge is 0.496 e. The van der Waals surface area contributed by atoms with Crippen LogP contribution in [0.5, 0.6) is 5.75 Å². The number of alkyl halides is 1. The summed E-state index contributed by atoms with van der Waals surface area (Å²) in [5, 5.41) is 3.15. The number of ether oxygens (including phenoxy) is 1. The number of hydrogen-bond donors (Lipinski definition) is 1. The number of methoxy groups -OCH3 is 1. The van der Waals surface area contributed by atoms with E-state index in [-0.39, 0.29) is 0 Å². The molecule has 0 aromatic heterocycles. The lowest BCUT2D eigenvalue weighted by Crippen LogP contribution is -2.42. The summed E-state index contributed by atoms with van der Waals surface area (Å²) in [4.78, 5) is 0. The van der Waals surface area contributed by atoms with Crippen LogP contribution in [0, 0.1) is 5.92 Å². The van der Waals surface area contributed by atoms with Gasteiger partial charge in [-0.1, -0.05) is 18.2 Å². The van der Waals surface area contributed by atoms with Crippen LogP contribution in [0.1, 0.15) is 18.2 Å². The highest BCUT2D eigenvalue weighted by molar-refractivity contribution is 5.35. The molecule has 0 spiro atoms. The van der Waals surface area contributed by atoms with Crippen LogP contribution < -0.4 is 10.1 Å². The Morgan fingerprint density at radius 3 is 2.80 bits per heavy atom. The van der Waals surface area contributed by atoms with Gasteiger partial charge < -0.3 is 10.1 Å². The third-order valence-corrected chi connectivity index (χ3v) is 2.88. The molecule has 2 rings (SSSR count). The third-order valence-electron chi connectivity index (χ3n) is 2.88. The molecule has 1 saturated heterocycles. The minimum absolute atomic E-state index is 0.477. The van der Waals surface area contributed by atoms with E-state index >= 15 is 0 Å². The zero-order valence-electron chi connectivity index (χ0n) is 8.87. The number of rotatable bonds is 4. The van der Waals surface area contributed by atoms with Gasteiger partial charge in [-0.15, -0.1) is 0 Å². The van der Waals surface area contributed by atoms with E-state index in [2.05, 4.69) is 5.32 Å². The average molecular weight is 209 g/mol. The molecule has 1 aliphatic rings. The molecule has 2 nitrogen and oxygen atoms in total. The third kappa shape index (κ3) is 2.29. The highest BCUT2D eigenvalue weighted by atomic mass is 19.1. The van der Waals surface area contributed by atoms with Gasteiger partial charge in [0.05, 0.1) is 7.11 Å². The van der Waals surface area contributed by atoms with E-state index in [0.717, 1.165) is 13.1 Å². The first-order valence-corrected chi connectivity index (χ1v) is 5.29. The van der Waals surface area contributed by atoms with Crippen molar-refractivity contribution in [3.8, 4) is 5.75 Å². The highest BCUT2D eigenvalue weighted by Gasteiger charge is 2.24. The van der Waals surface area contributed by atoms with Gasteiger partial charge in [0.25, 0.3) is 0 Å². The lowest BCUT2D eigenvalue weighted by molar-refractivity contribution is 0.220. The van der Waals surface area contributed by atoms with Gasteiger partial charge in [-0.2, -0.15) is 0 Å². The first kappa shape index (κ1) is 10.4. The maximum atomic E-state index is 13.9. The van der Waals surface area contributed by atoms with Crippen molar-refractivity contribution in [3.05, 3.63) is 29.8 Å². The van der Waals surface area contributed by atoms with Gasteiger partial charge in [0.15, 0.2) is 0 Å². The van der Waals surface area contributed by atoms with Crippen molar-refractivity contribution < 1.29 is 9.13 Å². The highest BCUT2D eigenvalue weighted by Crippen LogP contribution is 2.32. The Morgan fingerprint density at radius 2 is 2.20 bits per heavy atom. The molecule has 0 bridgehead atoms. The molecule has 82 valence electrons. The van der Waals surface area contributed by atoms with Gasteiger partial charge in [-0.3, -0.25) is 0 Å². The summed E-state index contributed by atoms with van der Waals surface area (Å²) in [5.41, 5.74) is 0.673. The normalized spacial score (nSPS) is 18.3. The Labute approximate surface area is 89.4 Å². The number of para-hydroxylation sites is 1. The van der Waals surface area contributed by atoms with Crippen LogP contribution in [0.2, 0.25) is 0 Å². The molecular weight excluding hydrogens is 193 g/mol. The summed E-state index contributed by atoms with van der Waals surface area (Å²) >= 11 is 0. The lowest BCUT2D eigenvalue weighted by Gasteiger charge is -2.28. The molecule has 0 radical (unpaired) electrons. The van der Waals surface area contributed by atoms with Crippen molar-refractivity contribution >= 4 is 0 Å². The van der Waals surface area contributed by atoms with Crippen LogP contribution in [0.4, 0.5) is 4.39 Å². The molecule has 1 aromatic carbocycles. The Balaban J connectivity index is 2.05. The van der Waals surface area contributed by atoms with Crippen molar-refractivity contribution in [2.24, 2.45) is 5.92 Å². The molecule has 1 atom stereocenters. The molecule has 0 aliphatic carbocycles. The molecule has 1 N–H and O–H groups in total. The Morgan fingerprint density at radius 1 is 1.47 bits per heavy atom. The number of hydrogen-bond acceptors (Lipinski definition) is 2. The average Bonchev–Trinajstić information content (AvgIpc) is 2.23. The molecule has 1 heterocycles. The molecule has 0 saturated carbocycles. The number of halogens is 1. The predicted molar refractivity (Wildman–Crippen MR) is 57.8 cm³/mol. The molecular formula is C12H16FNO. The molecule has 1 fully saturated rings. The van der Waals surface area contributed by atoms with Gasteiger partial charge in [0.2, 0.25) is 0 Å². The SMILES string of the molecule is COc1ccccc1C(F)CC1CNC1. The van der Waals surface area contributed by atoms with Crippen molar-refractivity contribution in [1.29, 1.82) is 0 Å². The first-order valence-electron chi connectivity index (χ1n) is 5.29. The van der Waals surface area contributed by atoms with E-state index in [4.69, 9.17) is 4.74 Å². The van der Waals surface area contributed by atoms with Crippen molar-refractivity contribution in [2.45, 2.75) is 12.6 Å². The molecule has 1 aromatic rings. The summed E-state index contributed by atoms with van der Waals surface area (Å²) in [5.74, 6) is 1.13. The maximum absolute atomic E-state index is 13.9. The summed E-state index contributed by atoms with van der Waals surface area (Å²) in [6, 6.07) is 7.32. The molecule has 1 aliphatic heterocycles. The smallest absolute Gasteiger partial charge is 0.129 e. The van der Waals surface area contributed by atoms with Crippen molar-refractivity contribution in [1.82, 2.24) is 5.32 Å². The van der Waals surface area contributed by atoms with Crippen molar-refractivity contribution in [3.63, 3.8) is 0 Å². The topological polar surface area (TPSA) is 21.3 Å². The Kier molecular flexibility index (Phi) is 3.21. The predicted octanol–water partition coefficient (Wildman–Crippen LogP) is 2.32. The van der Waals surface area contributed by atoms with E-state index in [9.17, 15) is 4.39 Å². The molecule has 1 unspecified atom stereocenters. The van der Waals surface area contributed by atoms with Gasteiger partial charge >= 0.3 is 0 Å². The van der Waals surface area contributed by atoms with Gasteiger partial charge in [-0.05, 0) is 31.5 Å². The van der Waals surface area contributed by atoms with Crippen LogP contribution in [0.3, 0.4) is 0 Å². The summed E-state index contributed by atoms with van der Waals surface area (Å²) in [6.45, 7) is 1.88. The van der Waals surface area contributed by atoms with E-state index in [1.54, 1.807) is 19.2 Å². The quantitative estimate of drug-likeness (QED) is 0.821. The summed E-state index contributed by atoms with van der Waals surface area (Å²) in [6.07, 6.45) is -0.318. The van der Waals surface area contributed by atoms with E-state index < -0.39 is 6.17 Å². The number of nitrogens with one attached hydrogen (secondary N) is 1.